The summed E-state index contributed by atoms with van der Waals surface area (Å²) in [5.41, 5.74) is 3.20. The second kappa shape index (κ2) is 12.2. The first-order valence-electron chi connectivity index (χ1n) is 11.4. The number of nitrogens with zero attached hydrogens (tertiary/aromatic N) is 3. The van der Waals surface area contributed by atoms with Crippen LogP contribution < -0.4 is 14.8 Å². The highest BCUT2D eigenvalue weighted by Crippen LogP contribution is 2.40. The summed E-state index contributed by atoms with van der Waals surface area (Å²) in [5.74, 6) is 0.883. The minimum Gasteiger partial charge on any atom is -0.493 e. The van der Waals surface area contributed by atoms with Crippen molar-refractivity contribution in [3.05, 3.63) is 64.7 Å². The van der Waals surface area contributed by atoms with E-state index >= 15 is 0 Å². The van der Waals surface area contributed by atoms with Crippen molar-refractivity contribution in [1.29, 1.82) is 5.26 Å². The fourth-order valence-corrected chi connectivity index (χ4v) is 4.15. The maximum absolute atomic E-state index is 11.9. The molecule has 0 radical (unpaired) electrons. The Bertz CT molecular complexity index is 1230. The van der Waals surface area contributed by atoms with Gasteiger partial charge >= 0.3 is 0 Å². The molecule has 0 saturated carbocycles. The summed E-state index contributed by atoms with van der Waals surface area (Å²) in [6.45, 7) is 9.84. The molecule has 1 saturated heterocycles. The molecule has 2 aromatic carbocycles. The standard InChI is InChI=1S/C27H29ClN4O4/c1-5-26(34)32-10-8-20(9-11-32)36-25-13-21(23(30-3)14-24(25)35-4)27(17(2)15-29)31-19-6-7-22(28)18(12-19)16-33/h5-7,12-14,20,31,33H,1,3,8-11,16H2,2,4H3/b27-17-. The first kappa shape index (κ1) is 26.8. The molecule has 8 nitrogen and oxygen atoms in total. The number of nitrogens with one attached hydrogen (secondary N) is 1. The number of rotatable bonds is 9. The highest BCUT2D eigenvalue weighted by molar-refractivity contribution is 6.31. The monoisotopic (exact) mass is 508 g/mol. The van der Waals surface area contributed by atoms with Crippen molar-refractivity contribution in [2.24, 2.45) is 4.99 Å². The number of hydrogen-bond acceptors (Lipinski definition) is 7. The van der Waals surface area contributed by atoms with Gasteiger partial charge in [0.05, 0.1) is 36.7 Å². The zero-order chi connectivity index (χ0) is 26.2. The third-order valence-electron chi connectivity index (χ3n) is 5.97. The average molecular weight is 509 g/mol. The third-order valence-corrected chi connectivity index (χ3v) is 6.34. The van der Waals surface area contributed by atoms with Gasteiger partial charge in [0, 0.05) is 48.3 Å². The van der Waals surface area contributed by atoms with Crippen LogP contribution in [-0.2, 0) is 11.4 Å². The van der Waals surface area contributed by atoms with Gasteiger partial charge in [-0.2, -0.15) is 5.26 Å². The number of hydrogen-bond donors (Lipinski definition) is 2. The summed E-state index contributed by atoms with van der Waals surface area (Å²) in [7, 11) is 1.54. The minimum absolute atomic E-state index is 0.0888. The Morgan fingerprint density at radius 2 is 2.06 bits per heavy atom. The van der Waals surface area contributed by atoms with Gasteiger partial charge in [-0.05, 0) is 49.5 Å². The second-order valence-electron chi connectivity index (χ2n) is 8.23. The van der Waals surface area contributed by atoms with Gasteiger partial charge in [0.15, 0.2) is 11.5 Å². The van der Waals surface area contributed by atoms with Crippen molar-refractivity contribution in [1.82, 2.24) is 4.90 Å². The predicted octanol–water partition coefficient (Wildman–Crippen LogP) is 5.10. The molecule has 0 aliphatic carbocycles. The zero-order valence-corrected chi connectivity index (χ0v) is 21.1. The van der Waals surface area contributed by atoms with Crippen LogP contribution in [0.25, 0.3) is 5.70 Å². The largest absolute Gasteiger partial charge is 0.493 e. The molecule has 0 atom stereocenters. The Morgan fingerprint density at radius 1 is 1.33 bits per heavy atom. The lowest BCUT2D eigenvalue weighted by Crippen LogP contribution is -2.41. The molecule has 0 unspecified atom stereocenters. The number of benzene rings is 2. The molecule has 0 spiro atoms. The van der Waals surface area contributed by atoms with Crippen LogP contribution in [0.5, 0.6) is 11.5 Å². The Morgan fingerprint density at radius 3 is 2.64 bits per heavy atom. The molecule has 36 heavy (non-hydrogen) atoms. The van der Waals surface area contributed by atoms with Crippen LogP contribution in [0.2, 0.25) is 5.02 Å². The van der Waals surface area contributed by atoms with E-state index in [0.29, 0.717) is 76.2 Å². The lowest BCUT2D eigenvalue weighted by Gasteiger charge is -2.32. The van der Waals surface area contributed by atoms with Gasteiger partial charge in [0.1, 0.15) is 6.10 Å². The molecule has 9 heteroatoms. The molecule has 188 valence electrons. The Balaban J connectivity index is 1.97. The van der Waals surface area contributed by atoms with Gasteiger partial charge in [-0.25, -0.2) is 0 Å². The van der Waals surface area contributed by atoms with E-state index in [9.17, 15) is 15.2 Å². The third kappa shape index (κ3) is 6.06. The summed E-state index contributed by atoms with van der Waals surface area (Å²) in [6, 6.07) is 10.8. The molecule has 1 fully saturated rings. The number of anilines is 1. The number of allylic oxidation sites excluding steroid dienone is 1. The van der Waals surface area contributed by atoms with Crippen molar-refractivity contribution in [2.45, 2.75) is 32.5 Å². The number of halogens is 1. The van der Waals surface area contributed by atoms with Crippen LogP contribution in [0, 0.1) is 11.3 Å². The van der Waals surface area contributed by atoms with E-state index in [1.807, 2.05) is 0 Å². The Labute approximate surface area is 216 Å². The number of piperidine rings is 1. The highest BCUT2D eigenvalue weighted by Gasteiger charge is 2.25. The number of aliphatic imine (C=N–C) groups is 1. The Kier molecular flexibility index (Phi) is 9.12. The summed E-state index contributed by atoms with van der Waals surface area (Å²) < 4.78 is 11.9. The van der Waals surface area contributed by atoms with Gasteiger partial charge in [-0.3, -0.25) is 9.79 Å². The van der Waals surface area contributed by atoms with Crippen molar-refractivity contribution >= 4 is 41.3 Å². The van der Waals surface area contributed by atoms with E-state index in [2.05, 4.69) is 29.7 Å². The van der Waals surface area contributed by atoms with Crippen molar-refractivity contribution in [3.63, 3.8) is 0 Å². The molecular weight excluding hydrogens is 480 g/mol. The second-order valence-corrected chi connectivity index (χ2v) is 8.63. The molecular formula is C27H29ClN4O4. The van der Waals surface area contributed by atoms with Crippen molar-refractivity contribution in [2.75, 3.05) is 25.5 Å². The molecule has 2 N–H and O–H groups in total. The van der Waals surface area contributed by atoms with E-state index in [4.69, 9.17) is 21.1 Å². The molecule has 1 heterocycles. The smallest absolute Gasteiger partial charge is 0.245 e. The lowest BCUT2D eigenvalue weighted by atomic mass is 10.0. The average Bonchev–Trinajstić information content (AvgIpc) is 2.91. The zero-order valence-electron chi connectivity index (χ0n) is 20.4. The number of nitriles is 1. The van der Waals surface area contributed by atoms with Crippen molar-refractivity contribution in [3.8, 4) is 17.6 Å². The molecule has 0 bridgehead atoms. The SMILES string of the molecule is C=CC(=O)N1CCC(Oc2cc(/C(Nc3ccc(Cl)c(CO)c3)=C(\C)C#N)c(N=C)cc2OC)CC1. The molecule has 2 aromatic rings. The summed E-state index contributed by atoms with van der Waals surface area (Å²) in [6.07, 6.45) is 2.52. The molecule has 1 aliphatic heterocycles. The number of carbonyl (C=O) groups excluding carboxylic acids is 1. The maximum atomic E-state index is 11.9. The van der Waals surface area contributed by atoms with E-state index in [-0.39, 0.29) is 18.6 Å². The normalized spacial score (nSPS) is 14.4. The van der Waals surface area contributed by atoms with Crippen molar-refractivity contribution < 1.29 is 19.4 Å². The number of amides is 1. The van der Waals surface area contributed by atoms with Gasteiger partial charge < -0.3 is 24.8 Å². The topological polar surface area (TPSA) is 107 Å². The van der Waals surface area contributed by atoms with E-state index in [0.717, 1.165) is 0 Å². The van der Waals surface area contributed by atoms with E-state index < -0.39 is 0 Å². The first-order chi connectivity index (χ1) is 17.3. The van der Waals surface area contributed by atoms with Gasteiger partial charge in [0.25, 0.3) is 0 Å². The fourth-order valence-electron chi connectivity index (χ4n) is 3.97. The predicted molar refractivity (Wildman–Crippen MR) is 142 cm³/mol. The maximum Gasteiger partial charge on any atom is 0.245 e. The van der Waals surface area contributed by atoms with Crippen LogP contribution in [0.15, 0.2) is 53.6 Å². The summed E-state index contributed by atoms with van der Waals surface area (Å²) in [4.78, 5) is 17.8. The minimum atomic E-state index is -0.220. The van der Waals surface area contributed by atoms with Crippen LogP contribution >= 0.6 is 11.6 Å². The van der Waals surface area contributed by atoms with Gasteiger partial charge in [0.2, 0.25) is 5.91 Å². The van der Waals surface area contributed by atoms with E-state index in [1.54, 1.807) is 49.3 Å². The number of ether oxygens (including phenoxy) is 2. The van der Waals surface area contributed by atoms with Crippen LogP contribution in [-0.4, -0.2) is 48.9 Å². The summed E-state index contributed by atoms with van der Waals surface area (Å²) >= 11 is 6.14. The molecule has 3 rings (SSSR count). The lowest BCUT2D eigenvalue weighted by molar-refractivity contribution is -0.127. The number of aliphatic hydroxyl groups excluding tert-OH is 1. The number of likely N-dealkylation sites (tertiary alicyclic amines) is 1. The van der Waals surface area contributed by atoms with Gasteiger partial charge in [-0.15, -0.1) is 0 Å². The molecule has 1 amide bonds. The van der Waals surface area contributed by atoms with Crippen LogP contribution in [0.4, 0.5) is 11.4 Å². The van der Waals surface area contributed by atoms with Gasteiger partial charge in [-0.1, -0.05) is 18.2 Å². The molecule has 0 aromatic heterocycles. The van der Waals surface area contributed by atoms with Crippen LogP contribution in [0.1, 0.15) is 30.9 Å². The number of methoxy groups -OCH3 is 1. The number of aliphatic hydroxyl groups is 1. The summed E-state index contributed by atoms with van der Waals surface area (Å²) in [5, 5.41) is 23.0. The fraction of sp³-hybridized carbons (Fsp3) is 0.296. The number of carbonyl (C=O) groups is 1. The Hall–Kier alpha value is -3.80. The van der Waals surface area contributed by atoms with E-state index in [1.165, 1.54) is 6.08 Å². The first-order valence-corrected chi connectivity index (χ1v) is 11.8. The quantitative estimate of drug-likeness (QED) is 0.277. The molecule has 1 aliphatic rings. The van der Waals surface area contributed by atoms with Crippen LogP contribution in [0.3, 0.4) is 0 Å². The highest BCUT2D eigenvalue weighted by atomic mass is 35.5.